The molecule has 3 nitrogen and oxygen atoms in total. The fourth-order valence-electron chi connectivity index (χ4n) is 2.02. The molecule has 0 unspecified atom stereocenters. The van der Waals surface area contributed by atoms with Gasteiger partial charge in [-0.05, 0) is 42.5 Å². The van der Waals surface area contributed by atoms with E-state index in [0.717, 1.165) is 28.5 Å². The minimum Gasteiger partial charge on any atom is -0.497 e. The summed E-state index contributed by atoms with van der Waals surface area (Å²) in [6.07, 6.45) is 1.75. The fraction of sp³-hybridized carbons (Fsp3) is 0.0556. The Balaban J connectivity index is 1.85. The van der Waals surface area contributed by atoms with Crippen molar-refractivity contribution in [3.05, 3.63) is 72.9 Å². The van der Waals surface area contributed by atoms with Crippen LogP contribution in [0.4, 0.5) is 0 Å². The van der Waals surface area contributed by atoms with Crippen molar-refractivity contribution in [2.24, 2.45) is 0 Å². The molecule has 0 spiro atoms. The maximum absolute atomic E-state index is 5.82. The number of methoxy groups -OCH3 is 1. The fourth-order valence-corrected chi connectivity index (χ4v) is 2.02. The monoisotopic (exact) mass is 277 g/mol. The molecule has 0 bridgehead atoms. The molecule has 0 radical (unpaired) electrons. The van der Waals surface area contributed by atoms with Crippen LogP contribution >= 0.6 is 0 Å². The van der Waals surface area contributed by atoms with E-state index in [2.05, 4.69) is 4.98 Å². The Morgan fingerprint density at radius 3 is 2.24 bits per heavy atom. The van der Waals surface area contributed by atoms with Gasteiger partial charge in [0, 0.05) is 17.8 Å². The van der Waals surface area contributed by atoms with Crippen molar-refractivity contribution in [3.63, 3.8) is 0 Å². The lowest BCUT2D eigenvalue weighted by Crippen LogP contribution is -1.88. The van der Waals surface area contributed by atoms with Gasteiger partial charge in [-0.15, -0.1) is 0 Å². The molecule has 2 aromatic carbocycles. The SMILES string of the molecule is COc1ccc(-c2cc(Oc3ccccc3)ccn2)cc1. The third-order valence-electron chi connectivity index (χ3n) is 3.10. The normalized spacial score (nSPS) is 10.1. The van der Waals surface area contributed by atoms with Crippen molar-refractivity contribution in [2.75, 3.05) is 7.11 Å². The quantitative estimate of drug-likeness (QED) is 0.701. The predicted octanol–water partition coefficient (Wildman–Crippen LogP) is 4.55. The van der Waals surface area contributed by atoms with Crippen molar-refractivity contribution in [2.45, 2.75) is 0 Å². The first kappa shape index (κ1) is 13.2. The topological polar surface area (TPSA) is 31.4 Å². The van der Waals surface area contributed by atoms with E-state index in [4.69, 9.17) is 9.47 Å². The second-order valence-corrected chi connectivity index (χ2v) is 4.52. The lowest BCUT2D eigenvalue weighted by Gasteiger charge is -2.07. The third kappa shape index (κ3) is 3.20. The van der Waals surface area contributed by atoms with Crippen LogP contribution in [-0.4, -0.2) is 12.1 Å². The number of nitrogens with zero attached hydrogens (tertiary/aromatic N) is 1. The van der Waals surface area contributed by atoms with Crippen molar-refractivity contribution in [1.29, 1.82) is 0 Å². The highest BCUT2D eigenvalue weighted by atomic mass is 16.5. The van der Waals surface area contributed by atoms with E-state index in [9.17, 15) is 0 Å². The summed E-state index contributed by atoms with van der Waals surface area (Å²) >= 11 is 0. The van der Waals surface area contributed by atoms with Gasteiger partial charge in [0.15, 0.2) is 0 Å². The largest absolute Gasteiger partial charge is 0.497 e. The summed E-state index contributed by atoms with van der Waals surface area (Å²) in [6.45, 7) is 0. The molecule has 3 heteroatoms. The lowest BCUT2D eigenvalue weighted by atomic mass is 10.1. The highest BCUT2D eigenvalue weighted by molar-refractivity contribution is 5.61. The third-order valence-corrected chi connectivity index (χ3v) is 3.10. The highest BCUT2D eigenvalue weighted by Gasteiger charge is 2.03. The predicted molar refractivity (Wildman–Crippen MR) is 82.7 cm³/mol. The summed E-state index contributed by atoms with van der Waals surface area (Å²) in [5.74, 6) is 2.40. The van der Waals surface area contributed by atoms with Crippen molar-refractivity contribution >= 4 is 0 Å². The Hall–Kier alpha value is -2.81. The number of rotatable bonds is 4. The van der Waals surface area contributed by atoms with E-state index in [1.807, 2.05) is 66.7 Å². The molecule has 1 aromatic heterocycles. The second-order valence-electron chi connectivity index (χ2n) is 4.52. The van der Waals surface area contributed by atoms with E-state index >= 15 is 0 Å². The average Bonchev–Trinajstić information content (AvgIpc) is 2.56. The summed E-state index contributed by atoms with van der Waals surface area (Å²) < 4.78 is 11.0. The maximum atomic E-state index is 5.82. The van der Waals surface area contributed by atoms with Crippen LogP contribution < -0.4 is 9.47 Å². The van der Waals surface area contributed by atoms with Crippen LogP contribution in [0.3, 0.4) is 0 Å². The van der Waals surface area contributed by atoms with Crippen LogP contribution in [0.15, 0.2) is 72.9 Å². The molecule has 0 fully saturated rings. The number of hydrogen-bond acceptors (Lipinski definition) is 3. The number of hydrogen-bond donors (Lipinski definition) is 0. The van der Waals surface area contributed by atoms with Gasteiger partial charge in [-0.3, -0.25) is 4.98 Å². The highest BCUT2D eigenvalue weighted by Crippen LogP contribution is 2.26. The maximum Gasteiger partial charge on any atom is 0.131 e. The van der Waals surface area contributed by atoms with Crippen LogP contribution in [0, 0.1) is 0 Å². The molecular weight excluding hydrogens is 262 g/mol. The van der Waals surface area contributed by atoms with Crippen LogP contribution in [0.25, 0.3) is 11.3 Å². The molecule has 0 N–H and O–H groups in total. The van der Waals surface area contributed by atoms with Gasteiger partial charge in [-0.2, -0.15) is 0 Å². The summed E-state index contributed by atoms with van der Waals surface area (Å²) in [7, 11) is 1.65. The van der Waals surface area contributed by atoms with Gasteiger partial charge in [0.1, 0.15) is 17.2 Å². The van der Waals surface area contributed by atoms with Gasteiger partial charge in [-0.1, -0.05) is 18.2 Å². The minimum absolute atomic E-state index is 0.766. The zero-order valence-electron chi connectivity index (χ0n) is 11.7. The number of para-hydroxylation sites is 1. The van der Waals surface area contributed by atoms with E-state index in [-0.39, 0.29) is 0 Å². The van der Waals surface area contributed by atoms with Crippen LogP contribution in [0.2, 0.25) is 0 Å². The van der Waals surface area contributed by atoms with E-state index in [0.29, 0.717) is 0 Å². The van der Waals surface area contributed by atoms with E-state index < -0.39 is 0 Å². The molecule has 104 valence electrons. The Morgan fingerprint density at radius 1 is 0.762 bits per heavy atom. The molecule has 1 heterocycles. The van der Waals surface area contributed by atoms with Crippen molar-refractivity contribution < 1.29 is 9.47 Å². The molecule has 3 aromatic rings. The summed E-state index contributed by atoms with van der Waals surface area (Å²) in [5, 5.41) is 0. The molecular formula is C18H15NO2. The number of ether oxygens (including phenoxy) is 2. The van der Waals surface area contributed by atoms with E-state index in [1.54, 1.807) is 13.3 Å². The van der Waals surface area contributed by atoms with Gasteiger partial charge in [0.2, 0.25) is 0 Å². The summed E-state index contributed by atoms with van der Waals surface area (Å²) in [6, 6.07) is 21.3. The Morgan fingerprint density at radius 2 is 1.52 bits per heavy atom. The Bertz CT molecular complexity index is 709. The standard InChI is InChI=1S/C18H15NO2/c1-20-15-9-7-14(8-10-15)18-13-17(11-12-19-18)21-16-5-3-2-4-6-16/h2-13H,1H3. The first-order valence-electron chi connectivity index (χ1n) is 6.68. The Labute approximate surface area is 123 Å². The van der Waals surface area contributed by atoms with Crippen LogP contribution in [-0.2, 0) is 0 Å². The molecule has 0 aliphatic rings. The second kappa shape index (κ2) is 6.09. The van der Waals surface area contributed by atoms with Gasteiger partial charge >= 0.3 is 0 Å². The number of pyridine rings is 1. The molecule has 21 heavy (non-hydrogen) atoms. The average molecular weight is 277 g/mol. The zero-order chi connectivity index (χ0) is 14.5. The summed E-state index contributed by atoms with van der Waals surface area (Å²) in [5.41, 5.74) is 1.89. The number of benzene rings is 2. The molecule has 0 saturated carbocycles. The minimum atomic E-state index is 0.766. The Kier molecular flexibility index (Phi) is 3.83. The van der Waals surface area contributed by atoms with Crippen LogP contribution in [0.5, 0.6) is 17.2 Å². The number of aromatic nitrogens is 1. The summed E-state index contributed by atoms with van der Waals surface area (Å²) in [4.78, 5) is 4.39. The van der Waals surface area contributed by atoms with Gasteiger partial charge in [0.05, 0.1) is 12.8 Å². The van der Waals surface area contributed by atoms with E-state index in [1.165, 1.54) is 0 Å². The molecule has 0 amide bonds. The van der Waals surface area contributed by atoms with Gasteiger partial charge < -0.3 is 9.47 Å². The van der Waals surface area contributed by atoms with Crippen molar-refractivity contribution in [3.8, 4) is 28.5 Å². The van der Waals surface area contributed by atoms with Gasteiger partial charge in [0.25, 0.3) is 0 Å². The molecule has 0 aliphatic carbocycles. The molecule has 3 rings (SSSR count). The molecule has 0 atom stereocenters. The van der Waals surface area contributed by atoms with Gasteiger partial charge in [-0.25, -0.2) is 0 Å². The smallest absolute Gasteiger partial charge is 0.131 e. The first-order valence-corrected chi connectivity index (χ1v) is 6.68. The first-order chi connectivity index (χ1) is 10.3. The van der Waals surface area contributed by atoms with Crippen LogP contribution in [0.1, 0.15) is 0 Å². The molecule has 0 saturated heterocycles. The van der Waals surface area contributed by atoms with Crippen molar-refractivity contribution in [1.82, 2.24) is 4.98 Å². The molecule has 0 aliphatic heterocycles. The zero-order valence-corrected chi connectivity index (χ0v) is 11.7. The lowest BCUT2D eigenvalue weighted by molar-refractivity contribution is 0.415.